The van der Waals surface area contributed by atoms with Crippen molar-refractivity contribution in [1.29, 1.82) is 0 Å². The van der Waals surface area contributed by atoms with Crippen molar-refractivity contribution in [3.05, 3.63) is 69.8 Å². The molecule has 3 heterocycles. The lowest BCUT2D eigenvalue weighted by atomic mass is 10.1. The van der Waals surface area contributed by atoms with E-state index in [0.29, 0.717) is 15.7 Å². The fourth-order valence-electron chi connectivity index (χ4n) is 4.46. The summed E-state index contributed by atoms with van der Waals surface area (Å²) >= 11 is 11.9. The van der Waals surface area contributed by atoms with E-state index in [9.17, 15) is 4.39 Å². The maximum atomic E-state index is 14.3. The summed E-state index contributed by atoms with van der Waals surface area (Å²) in [6, 6.07) is 10.8. The lowest BCUT2D eigenvalue weighted by molar-refractivity contribution is 0.173. The summed E-state index contributed by atoms with van der Waals surface area (Å²) < 4.78 is 26.9. The normalized spacial score (nSPS) is 15.5. The first-order chi connectivity index (χ1) is 16.9. The van der Waals surface area contributed by atoms with Gasteiger partial charge in [0.25, 0.3) is 0 Å². The number of aromatic nitrogens is 2. The van der Waals surface area contributed by atoms with Crippen LogP contribution in [0.4, 0.5) is 10.1 Å². The number of fused-ring (bicyclic) bond motifs is 1. The predicted octanol–water partition coefficient (Wildman–Crippen LogP) is 4.58. The monoisotopic (exact) mass is 515 g/mol. The molecular weight excluding hydrogens is 489 g/mol. The van der Waals surface area contributed by atoms with Crippen LogP contribution in [0, 0.1) is 19.7 Å². The summed E-state index contributed by atoms with van der Waals surface area (Å²) in [6.45, 7) is 8.72. The van der Waals surface area contributed by atoms with E-state index < -0.39 is 0 Å². The van der Waals surface area contributed by atoms with Crippen LogP contribution in [-0.2, 0) is 13.1 Å². The molecule has 3 aromatic rings. The van der Waals surface area contributed by atoms with Crippen molar-refractivity contribution < 1.29 is 13.9 Å². The van der Waals surface area contributed by atoms with E-state index in [1.165, 1.54) is 11.6 Å². The molecule has 35 heavy (non-hydrogen) atoms. The van der Waals surface area contributed by atoms with Gasteiger partial charge in [-0.05, 0) is 55.9 Å². The molecule has 0 saturated carbocycles. The lowest BCUT2D eigenvalue weighted by Gasteiger charge is -2.36. The van der Waals surface area contributed by atoms with Crippen LogP contribution >= 0.6 is 23.8 Å². The van der Waals surface area contributed by atoms with Gasteiger partial charge >= 0.3 is 0 Å². The van der Waals surface area contributed by atoms with Crippen LogP contribution in [0.3, 0.4) is 0 Å². The maximum absolute atomic E-state index is 14.3. The summed E-state index contributed by atoms with van der Waals surface area (Å²) in [6.07, 6.45) is 0. The Kier molecular flexibility index (Phi) is 6.82. The number of rotatable bonds is 5. The van der Waals surface area contributed by atoms with Crippen molar-refractivity contribution in [3.63, 3.8) is 0 Å². The van der Waals surface area contributed by atoms with Crippen LogP contribution in [0.5, 0.6) is 11.5 Å². The Hall–Kier alpha value is -2.88. The Morgan fingerprint density at radius 2 is 1.86 bits per heavy atom. The zero-order valence-electron chi connectivity index (χ0n) is 19.7. The third-order valence-corrected chi connectivity index (χ3v) is 7.20. The SMILES string of the molecule is Cc1nn(Cc2c(F)cccc2Cl)c(C)c1NC(=S)N1CCN(Cc2ccc3c(c2)OCO3)CC1. The zero-order valence-corrected chi connectivity index (χ0v) is 21.3. The molecule has 10 heteroatoms. The van der Waals surface area contributed by atoms with E-state index in [1.807, 2.05) is 19.9 Å². The van der Waals surface area contributed by atoms with Gasteiger partial charge in [-0.2, -0.15) is 5.10 Å². The summed E-state index contributed by atoms with van der Waals surface area (Å²) in [7, 11) is 0. The van der Waals surface area contributed by atoms with Crippen molar-refractivity contribution in [1.82, 2.24) is 19.6 Å². The lowest BCUT2D eigenvalue weighted by Crippen LogP contribution is -2.49. The van der Waals surface area contributed by atoms with Crippen molar-refractivity contribution >= 4 is 34.6 Å². The fourth-order valence-corrected chi connectivity index (χ4v) is 4.96. The molecule has 5 rings (SSSR count). The molecule has 2 aliphatic rings. The van der Waals surface area contributed by atoms with E-state index in [-0.39, 0.29) is 19.2 Å². The molecule has 0 amide bonds. The third kappa shape index (κ3) is 5.07. The molecule has 0 atom stereocenters. The highest BCUT2D eigenvalue weighted by molar-refractivity contribution is 7.80. The smallest absolute Gasteiger partial charge is 0.231 e. The minimum absolute atomic E-state index is 0.255. The number of nitrogens with zero attached hydrogens (tertiary/aromatic N) is 4. The second-order valence-corrected chi connectivity index (χ2v) is 9.58. The predicted molar refractivity (Wildman–Crippen MR) is 138 cm³/mol. The average molecular weight is 516 g/mol. The van der Waals surface area contributed by atoms with Crippen LogP contribution in [0.25, 0.3) is 0 Å². The van der Waals surface area contributed by atoms with E-state index >= 15 is 0 Å². The maximum Gasteiger partial charge on any atom is 0.231 e. The first-order valence-corrected chi connectivity index (χ1v) is 12.3. The highest BCUT2D eigenvalue weighted by atomic mass is 35.5. The van der Waals surface area contributed by atoms with E-state index in [4.69, 9.17) is 33.3 Å². The van der Waals surface area contributed by atoms with Gasteiger partial charge < -0.3 is 19.7 Å². The van der Waals surface area contributed by atoms with Gasteiger partial charge in [0.2, 0.25) is 6.79 Å². The van der Waals surface area contributed by atoms with Gasteiger partial charge in [0.15, 0.2) is 16.6 Å². The molecule has 0 radical (unpaired) electrons. The molecule has 2 aromatic carbocycles. The Morgan fingerprint density at radius 1 is 1.09 bits per heavy atom. The van der Waals surface area contributed by atoms with Gasteiger partial charge in [-0.25, -0.2) is 4.39 Å². The summed E-state index contributed by atoms with van der Waals surface area (Å²) in [5.41, 5.74) is 4.17. The van der Waals surface area contributed by atoms with E-state index in [1.54, 1.807) is 16.8 Å². The molecule has 1 fully saturated rings. The Morgan fingerprint density at radius 3 is 2.63 bits per heavy atom. The molecule has 0 bridgehead atoms. The fraction of sp³-hybridized carbons (Fsp3) is 0.360. The Bertz CT molecular complexity index is 1240. The third-order valence-electron chi connectivity index (χ3n) is 6.49. The molecule has 0 unspecified atom stereocenters. The molecule has 2 aliphatic heterocycles. The molecule has 1 saturated heterocycles. The highest BCUT2D eigenvalue weighted by Crippen LogP contribution is 2.33. The molecule has 7 nitrogen and oxygen atoms in total. The van der Waals surface area contributed by atoms with Crippen molar-refractivity contribution in [3.8, 4) is 11.5 Å². The van der Waals surface area contributed by atoms with Crippen LogP contribution < -0.4 is 14.8 Å². The molecule has 0 spiro atoms. The largest absolute Gasteiger partial charge is 0.454 e. The number of hydrogen-bond acceptors (Lipinski definition) is 5. The number of hydrogen-bond donors (Lipinski definition) is 1. The van der Waals surface area contributed by atoms with Crippen molar-refractivity contribution in [2.24, 2.45) is 0 Å². The number of halogens is 2. The number of anilines is 1. The standard InChI is InChI=1S/C25H27ClFN5O2S/c1-16-24(17(2)32(29-16)14-19-20(26)4-3-5-21(19)27)28-25(35)31-10-8-30(9-11-31)13-18-6-7-22-23(12-18)34-15-33-22/h3-7,12H,8-11,13-15H2,1-2H3,(H,28,35). The van der Waals surface area contributed by atoms with Crippen molar-refractivity contribution in [2.75, 3.05) is 38.3 Å². The summed E-state index contributed by atoms with van der Waals surface area (Å²) in [5, 5.41) is 9.03. The molecule has 1 aromatic heterocycles. The van der Waals surface area contributed by atoms with Gasteiger partial charge in [0, 0.05) is 43.3 Å². The first kappa shape index (κ1) is 23.8. The number of nitrogens with one attached hydrogen (secondary N) is 1. The number of benzene rings is 2. The second-order valence-electron chi connectivity index (χ2n) is 8.78. The summed E-state index contributed by atoms with van der Waals surface area (Å²) in [5.74, 6) is 1.28. The highest BCUT2D eigenvalue weighted by Gasteiger charge is 2.22. The van der Waals surface area contributed by atoms with Gasteiger partial charge in [0.05, 0.1) is 23.6 Å². The topological polar surface area (TPSA) is 54.8 Å². The summed E-state index contributed by atoms with van der Waals surface area (Å²) in [4.78, 5) is 4.58. The minimum atomic E-state index is -0.339. The van der Waals surface area contributed by atoms with Crippen LogP contribution in [0.1, 0.15) is 22.5 Å². The van der Waals surface area contributed by atoms with Crippen LogP contribution in [0.15, 0.2) is 36.4 Å². The van der Waals surface area contributed by atoms with Crippen molar-refractivity contribution in [2.45, 2.75) is 26.9 Å². The Labute approximate surface area is 214 Å². The quantitative estimate of drug-likeness (QED) is 0.499. The van der Waals surface area contributed by atoms with Gasteiger partial charge in [-0.15, -0.1) is 0 Å². The first-order valence-electron chi connectivity index (χ1n) is 11.5. The van der Waals surface area contributed by atoms with Gasteiger partial charge in [-0.1, -0.05) is 23.7 Å². The molecule has 184 valence electrons. The molecular formula is C25H27ClFN5O2S. The second kappa shape index (κ2) is 10.0. The van der Waals surface area contributed by atoms with E-state index in [0.717, 1.165) is 61.3 Å². The van der Waals surface area contributed by atoms with E-state index in [2.05, 4.69) is 32.3 Å². The molecule has 1 N–H and O–H groups in total. The molecule has 0 aliphatic carbocycles. The average Bonchev–Trinajstić information content (AvgIpc) is 3.41. The zero-order chi connectivity index (χ0) is 24.5. The number of ether oxygens (including phenoxy) is 2. The minimum Gasteiger partial charge on any atom is -0.454 e. The van der Waals surface area contributed by atoms with Crippen LogP contribution in [0.2, 0.25) is 5.02 Å². The van der Waals surface area contributed by atoms with Crippen LogP contribution in [-0.4, -0.2) is 57.7 Å². The number of aryl methyl sites for hydroxylation is 1. The van der Waals surface area contributed by atoms with Gasteiger partial charge in [0.1, 0.15) is 5.82 Å². The number of piperazine rings is 1. The number of thiocarbonyl (C=S) groups is 1. The van der Waals surface area contributed by atoms with Gasteiger partial charge in [-0.3, -0.25) is 9.58 Å². The Balaban J connectivity index is 1.18.